The van der Waals surface area contributed by atoms with Gasteiger partial charge in [-0.05, 0) is 44.4 Å². The molecule has 5 heteroatoms. The maximum absolute atomic E-state index is 12.6. The maximum atomic E-state index is 12.6. The lowest BCUT2D eigenvalue weighted by atomic mass is 9.97. The van der Waals surface area contributed by atoms with E-state index in [1.165, 1.54) is 31.2 Å². The Labute approximate surface area is 174 Å². The molecular weight excluding hydrogens is 360 g/mol. The highest BCUT2D eigenvalue weighted by Crippen LogP contribution is 2.24. The average Bonchev–Trinajstić information content (AvgIpc) is 2.76. The first-order chi connectivity index (χ1) is 14.2. The number of rotatable bonds is 9. The van der Waals surface area contributed by atoms with Crippen molar-refractivity contribution in [3.63, 3.8) is 0 Å². The summed E-state index contributed by atoms with van der Waals surface area (Å²) in [5, 5.41) is 12.0. The minimum Gasteiger partial charge on any atom is -0.356 e. The summed E-state index contributed by atoms with van der Waals surface area (Å²) in [6.45, 7) is 6.75. The van der Waals surface area contributed by atoms with Gasteiger partial charge in [0.15, 0.2) is 5.82 Å². The number of hydrogen-bond donors (Lipinski definition) is 1. The van der Waals surface area contributed by atoms with E-state index in [2.05, 4.69) is 52.5 Å². The van der Waals surface area contributed by atoms with Crippen LogP contribution >= 0.6 is 0 Å². The Balaban J connectivity index is 1.51. The van der Waals surface area contributed by atoms with Crippen LogP contribution in [0.1, 0.15) is 57.4 Å². The second-order valence-corrected chi connectivity index (χ2v) is 8.14. The highest BCUT2D eigenvalue weighted by molar-refractivity contribution is 5.79. The topological polar surface area (TPSA) is 58.1 Å². The number of benzene rings is 1. The van der Waals surface area contributed by atoms with E-state index in [-0.39, 0.29) is 11.8 Å². The zero-order valence-electron chi connectivity index (χ0n) is 17.9. The summed E-state index contributed by atoms with van der Waals surface area (Å²) in [4.78, 5) is 14.8. The lowest BCUT2D eigenvalue weighted by Gasteiger charge is -2.32. The number of carbonyl (C=O) groups excluding carboxylic acids is 1. The normalized spacial score (nSPS) is 16.6. The van der Waals surface area contributed by atoms with Crippen molar-refractivity contribution in [1.82, 2.24) is 15.5 Å². The molecule has 1 atom stereocenters. The Morgan fingerprint density at radius 1 is 1.14 bits per heavy atom. The van der Waals surface area contributed by atoms with Crippen LogP contribution in [0.2, 0.25) is 0 Å². The van der Waals surface area contributed by atoms with E-state index in [1.807, 2.05) is 18.2 Å². The van der Waals surface area contributed by atoms with Gasteiger partial charge in [0.05, 0.1) is 11.6 Å². The minimum atomic E-state index is 0.0395. The molecule has 1 N–H and O–H groups in total. The molecule has 0 spiro atoms. The quantitative estimate of drug-likeness (QED) is 0.623. The second kappa shape index (κ2) is 10.9. The van der Waals surface area contributed by atoms with Gasteiger partial charge in [-0.2, -0.15) is 0 Å². The molecule has 1 amide bonds. The van der Waals surface area contributed by atoms with Gasteiger partial charge in [0.25, 0.3) is 0 Å². The van der Waals surface area contributed by atoms with Gasteiger partial charge in [-0.15, -0.1) is 10.2 Å². The van der Waals surface area contributed by atoms with Crippen LogP contribution in [0.25, 0.3) is 11.3 Å². The Hall–Kier alpha value is -2.43. The van der Waals surface area contributed by atoms with Gasteiger partial charge in [-0.25, -0.2) is 0 Å². The Bertz CT molecular complexity index is 775. The first-order valence-electron chi connectivity index (χ1n) is 11.1. The van der Waals surface area contributed by atoms with Crippen molar-refractivity contribution in [1.29, 1.82) is 0 Å². The molecule has 1 aromatic carbocycles. The van der Waals surface area contributed by atoms with Crippen LogP contribution in [-0.2, 0) is 4.79 Å². The largest absolute Gasteiger partial charge is 0.356 e. The van der Waals surface area contributed by atoms with Gasteiger partial charge in [-0.3, -0.25) is 4.79 Å². The lowest BCUT2D eigenvalue weighted by molar-refractivity contribution is -0.125. The monoisotopic (exact) mass is 394 g/mol. The van der Waals surface area contributed by atoms with Crippen LogP contribution in [-0.4, -0.2) is 35.7 Å². The molecular formula is C24H34N4O. The van der Waals surface area contributed by atoms with E-state index in [1.54, 1.807) is 0 Å². The molecule has 1 aliphatic rings. The first kappa shape index (κ1) is 21.3. The number of amides is 1. The molecule has 5 nitrogen and oxygen atoms in total. The fourth-order valence-corrected chi connectivity index (χ4v) is 3.94. The van der Waals surface area contributed by atoms with Crippen LogP contribution in [0, 0.1) is 12.8 Å². The van der Waals surface area contributed by atoms with Crippen molar-refractivity contribution in [2.24, 2.45) is 5.92 Å². The highest BCUT2D eigenvalue weighted by atomic mass is 16.1. The van der Waals surface area contributed by atoms with E-state index < -0.39 is 0 Å². The predicted molar refractivity (Wildman–Crippen MR) is 119 cm³/mol. The third-order valence-electron chi connectivity index (χ3n) is 5.66. The summed E-state index contributed by atoms with van der Waals surface area (Å²) in [5.74, 6) is 1.09. The molecule has 1 saturated heterocycles. The number of aryl methyl sites for hydroxylation is 1. The summed E-state index contributed by atoms with van der Waals surface area (Å²) < 4.78 is 0. The van der Waals surface area contributed by atoms with Gasteiger partial charge >= 0.3 is 0 Å². The number of hydrogen-bond acceptors (Lipinski definition) is 4. The van der Waals surface area contributed by atoms with Crippen molar-refractivity contribution in [3.05, 3.63) is 42.0 Å². The molecule has 29 heavy (non-hydrogen) atoms. The summed E-state index contributed by atoms with van der Waals surface area (Å²) in [6.07, 6.45) is 8.04. The fraction of sp³-hybridized carbons (Fsp3) is 0.542. The molecule has 0 saturated carbocycles. The van der Waals surface area contributed by atoms with Crippen LogP contribution < -0.4 is 10.2 Å². The standard InChI is InChI=1S/C24H34N4O/c1-3-4-5-6-7-15-25-24(29)21-12-9-16-28(18-21)23-14-13-22(26-27-23)20-11-8-10-19(2)17-20/h8,10-11,13-14,17,21H,3-7,9,12,15-16,18H2,1-2H3,(H,25,29)/t21-/m0/s1. The maximum Gasteiger partial charge on any atom is 0.224 e. The zero-order valence-corrected chi connectivity index (χ0v) is 17.9. The first-order valence-corrected chi connectivity index (χ1v) is 11.1. The number of carbonyl (C=O) groups is 1. The summed E-state index contributed by atoms with van der Waals surface area (Å²) >= 11 is 0. The van der Waals surface area contributed by atoms with E-state index in [4.69, 9.17) is 0 Å². The number of aromatic nitrogens is 2. The fourth-order valence-electron chi connectivity index (χ4n) is 3.94. The SMILES string of the molecule is CCCCCCCNC(=O)[C@H]1CCCN(c2ccc(-c3cccc(C)c3)nn2)C1. The number of anilines is 1. The molecule has 156 valence electrons. The van der Waals surface area contributed by atoms with Gasteiger partial charge in [0, 0.05) is 25.2 Å². The lowest BCUT2D eigenvalue weighted by Crippen LogP contribution is -2.43. The van der Waals surface area contributed by atoms with Crippen molar-refractivity contribution >= 4 is 11.7 Å². The highest BCUT2D eigenvalue weighted by Gasteiger charge is 2.26. The van der Waals surface area contributed by atoms with Gasteiger partial charge < -0.3 is 10.2 Å². The molecule has 1 aliphatic heterocycles. The van der Waals surface area contributed by atoms with Crippen LogP contribution in [0.5, 0.6) is 0 Å². The molecule has 0 aliphatic carbocycles. The van der Waals surface area contributed by atoms with E-state index >= 15 is 0 Å². The summed E-state index contributed by atoms with van der Waals surface area (Å²) in [6, 6.07) is 12.3. The molecule has 2 heterocycles. The van der Waals surface area contributed by atoms with E-state index in [0.29, 0.717) is 0 Å². The predicted octanol–water partition coefficient (Wildman–Crippen LogP) is 4.76. The third kappa shape index (κ3) is 6.28. The van der Waals surface area contributed by atoms with Crippen molar-refractivity contribution in [3.8, 4) is 11.3 Å². The second-order valence-electron chi connectivity index (χ2n) is 8.14. The summed E-state index contributed by atoms with van der Waals surface area (Å²) in [5.41, 5.74) is 3.18. The van der Waals surface area contributed by atoms with Crippen LogP contribution in [0.3, 0.4) is 0 Å². The van der Waals surface area contributed by atoms with Crippen LogP contribution in [0.4, 0.5) is 5.82 Å². The number of unbranched alkanes of at least 4 members (excludes halogenated alkanes) is 4. The third-order valence-corrected chi connectivity index (χ3v) is 5.66. The van der Waals surface area contributed by atoms with E-state index in [0.717, 1.165) is 56.0 Å². The molecule has 0 radical (unpaired) electrons. The number of nitrogens with zero attached hydrogens (tertiary/aromatic N) is 3. The summed E-state index contributed by atoms with van der Waals surface area (Å²) in [7, 11) is 0. The van der Waals surface area contributed by atoms with E-state index in [9.17, 15) is 4.79 Å². The average molecular weight is 395 g/mol. The molecule has 0 unspecified atom stereocenters. The molecule has 0 bridgehead atoms. The Morgan fingerprint density at radius 2 is 2.00 bits per heavy atom. The Morgan fingerprint density at radius 3 is 2.76 bits per heavy atom. The van der Waals surface area contributed by atoms with Gasteiger partial charge in [0.1, 0.15) is 0 Å². The van der Waals surface area contributed by atoms with Crippen molar-refractivity contribution in [2.45, 2.75) is 58.8 Å². The zero-order chi connectivity index (χ0) is 20.5. The van der Waals surface area contributed by atoms with Crippen molar-refractivity contribution in [2.75, 3.05) is 24.5 Å². The minimum absolute atomic E-state index is 0.0395. The molecule has 2 aromatic rings. The molecule has 1 fully saturated rings. The Kier molecular flexibility index (Phi) is 8.03. The molecule has 1 aromatic heterocycles. The molecule has 3 rings (SSSR count). The van der Waals surface area contributed by atoms with Crippen LogP contribution in [0.15, 0.2) is 36.4 Å². The van der Waals surface area contributed by atoms with Gasteiger partial charge in [0.2, 0.25) is 5.91 Å². The smallest absolute Gasteiger partial charge is 0.224 e. The number of piperidine rings is 1. The number of nitrogens with one attached hydrogen (secondary N) is 1. The van der Waals surface area contributed by atoms with Gasteiger partial charge in [-0.1, -0.05) is 56.4 Å². The van der Waals surface area contributed by atoms with Crippen molar-refractivity contribution < 1.29 is 4.79 Å².